The summed E-state index contributed by atoms with van der Waals surface area (Å²) in [5.74, 6) is -1.92. The Kier molecular flexibility index (Phi) is 6.00. The molecule has 1 N–H and O–H groups in total. The predicted molar refractivity (Wildman–Crippen MR) is 125 cm³/mol. The Hall–Kier alpha value is -3.39. The molecule has 0 bridgehead atoms. The minimum atomic E-state index is -1.17. The zero-order chi connectivity index (χ0) is 23.8. The summed E-state index contributed by atoms with van der Waals surface area (Å²) in [6.07, 6.45) is 7.50. The smallest absolute Gasteiger partial charge is 0.394 e. The lowest BCUT2D eigenvalue weighted by atomic mass is 9.91. The number of esters is 1. The highest BCUT2D eigenvalue weighted by atomic mass is 35.5. The lowest BCUT2D eigenvalue weighted by Gasteiger charge is -2.16. The van der Waals surface area contributed by atoms with Crippen LogP contribution in [0.15, 0.2) is 27.0 Å². The van der Waals surface area contributed by atoms with Gasteiger partial charge in [-0.3, -0.25) is 0 Å². The second-order valence-electron chi connectivity index (χ2n) is 8.39. The summed E-state index contributed by atoms with van der Waals surface area (Å²) in [5, 5.41) is 9.39. The molecule has 8 nitrogen and oxygen atoms in total. The first kappa shape index (κ1) is 22.4. The van der Waals surface area contributed by atoms with E-state index < -0.39 is 11.9 Å². The van der Waals surface area contributed by atoms with E-state index in [0.717, 1.165) is 55.2 Å². The van der Waals surface area contributed by atoms with Crippen LogP contribution in [0.3, 0.4) is 0 Å². The number of aryl methyl sites for hydroxylation is 3. The monoisotopic (exact) mass is 482 g/mol. The van der Waals surface area contributed by atoms with Gasteiger partial charge in [-0.2, -0.15) is 0 Å². The van der Waals surface area contributed by atoms with Crippen molar-refractivity contribution in [2.24, 2.45) is 0 Å². The fraction of sp³-hybridized carbons (Fsp3) is 0.360. The molecule has 0 aliphatic heterocycles. The summed E-state index contributed by atoms with van der Waals surface area (Å²) < 4.78 is 15.5. The Bertz CT molecular complexity index is 1380. The third-order valence-electron chi connectivity index (χ3n) is 6.18. The maximum Gasteiger partial charge on any atom is 0.394 e. The molecule has 0 amide bonds. The van der Waals surface area contributed by atoms with Gasteiger partial charge in [-0.25, -0.2) is 19.6 Å². The van der Waals surface area contributed by atoms with Gasteiger partial charge in [0.1, 0.15) is 11.0 Å². The number of aromatic carboxylic acids is 1. The molecule has 0 unspecified atom stereocenters. The van der Waals surface area contributed by atoms with Crippen LogP contribution in [-0.2, 0) is 30.4 Å². The van der Waals surface area contributed by atoms with Gasteiger partial charge in [0, 0.05) is 0 Å². The van der Waals surface area contributed by atoms with Crippen LogP contribution in [0.25, 0.3) is 22.2 Å². The number of carboxylic acid groups (broad SMARTS) is 1. The van der Waals surface area contributed by atoms with Crippen molar-refractivity contribution < 1.29 is 28.3 Å². The summed E-state index contributed by atoms with van der Waals surface area (Å²) in [6.45, 7) is 2.09. The Morgan fingerprint density at radius 2 is 1.62 bits per heavy atom. The van der Waals surface area contributed by atoms with Crippen LogP contribution in [0.4, 0.5) is 0 Å². The fourth-order valence-electron chi connectivity index (χ4n) is 4.59. The standard InChI is InChI=1S/C13H13NO3.C12H10ClNO3/c1-2-16-13(15)12-14-10-6-8-4-3-5-9(8)7-11(10)17-12;13-9-7-4-2-1-3-6(7)5-8-10(9)14-11(17-8)12(15)16/h6-7H,2-5H2,1H3;5H,1-4H2,(H,15,16). The lowest BCUT2D eigenvalue weighted by molar-refractivity contribution is 0.0483. The molecule has 2 aliphatic carbocycles. The number of rotatable bonds is 3. The molecule has 34 heavy (non-hydrogen) atoms. The average molecular weight is 483 g/mol. The Labute approximate surface area is 199 Å². The van der Waals surface area contributed by atoms with Crippen molar-refractivity contribution in [3.05, 3.63) is 57.3 Å². The number of benzene rings is 2. The van der Waals surface area contributed by atoms with Crippen LogP contribution < -0.4 is 0 Å². The number of ether oxygens (including phenoxy) is 1. The van der Waals surface area contributed by atoms with Crippen molar-refractivity contribution in [3.63, 3.8) is 0 Å². The fourth-order valence-corrected chi connectivity index (χ4v) is 4.94. The summed E-state index contributed by atoms with van der Waals surface area (Å²) in [4.78, 5) is 30.4. The van der Waals surface area contributed by atoms with Crippen molar-refractivity contribution in [1.29, 1.82) is 0 Å². The SMILES string of the molecule is CCOC(=O)c1nc2cc3c(cc2o1)CCC3.O=C(O)c1nc2c(Cl)c3c(cc2o1)CCCC3. The highest BCUT2D eigenvalue weighted by Crippen LogP contribution is 2.34. The van der Waals surface area contributed by atoms with E-state index in [1.165, 1.54) is 17.5 Å². The number of hydrogen-bond acceptors (Lipinski definition) is 7. The summed E-state index contributed by atoms with van der Waals surface area (Å²) >= 11 is 6.26. The van der Waals surface area contributed by atoms with Crippen LogP contribution in [-0.4, -0.2) is 33.6 Å². The molecule has 0 saturated heterocycles. The third kappa shape index (κ3) is 4.14. The number of carbonyl (C=O) groups is 2. The predicted octanol–water partition coefficient (Wildman–Crippen LogP) is 5.55. The van der Waals surface area contributed by atoms with Gasteiger partial charge in [0.15, 0.2) is 11.2 Å². The minimum absolute atomic E-state index is 0.0468. The number of oxazole rings is 2. The molecule has 9 heteroatoms. The van der Waals surface area contributed by atoms with E-state index in [4.69, 9.17) is 30.3 Å². The van der Waals surface area contributed by atoms with Crippen LogP contribution >= 0.6 is 11.6 Å². The maximum absolute atomic E-state index is 11.5. The molecule has 0 spiro atoms. The van der Waals surface area contributed by atoms with Crippen molar-refractivity contribution in [2.75, 3.05) is 6.61 Å². The molecule has 176 valence electrons. The quantitative estimate of drug-likeness (QED) is 0.378. The van der Waals surface area contributed by atoms with Gasteiger partial charge in [-0.15, -0.1) is 0 Å². The number of carbonyl (C=O) groups excluding carboxylic acids is 1. The zero-order valence-electron chi connectivity index (χ0n) is 18.6. The van der Waals surface area contributed by atoms with Crippen molar-refractivity contribution in [2.45, 2.75) is 51.9 Å². The summed E-state index contributed by atoms with van der Waals surface area (Å²) in [7, 11) is 0. The molecule has 2 aromatic carbocycles. The van der Waals surface area contributed by atoms with E-state index in [1.54, 1.807) is 6.92 Å². The van der Waals surface area contributed by atoms with Gasteiger partial charge in [-0.05, 0) is 92.3 Å². The first-order chi connectivity index (χ1) is 16.4. The molecule has 0 atom stereocenters. The maximum atomic E-state index is 11.5. The van der Waals surface area contributed by atoms with Crippen molar-refractivity contribution in [3.8, 4) is 0 Å². The molecule has 4 aromatic rings. The number of aromatic nitrogens is 2. The van der Waals surface area contributed by atoms with Crippen molar-refractivity contribution in [1.82, 2.24) is 9.97 Å². The number of hydrogen-bond donors (Lipinski definition) is 1. The third-order valence-corrected chi connectivity index (χ3v) is 6.58. The number of fused-ring (bicyclic) bond motifs is 4. The van der Waals surface area contributed by atoms with Gasteiger partial charge in [0.2, 0.25) is 0 Å². The Morgan fingerprint density at radius 1 is 0.941 bits per heavy atom. The molecule has 0 radical (unpaired) electrons. The normalized spacial score (nSPS) is 14.4. The van der Waals surface area contributed by atoms with Gasteiger partial charge in [0.05, 0.1) is 11.6 Å². The molecule has 0 saturated carbocycles. The van der Waals surface area contributed by atoms with E-state index in [1.807, 2.05) is 18.2 Å². The van der Waals surface area contributed by atoms with E-state index in [-0.39, 0.29) is 11.8 Å². The molecular weight excluding hydrogens is 460 g/mol. The van der Waals surface area contributed by atoms with Crippen LogP contribution in [0.5, 0.6) is 0 Å². The van der Waals surface area contributed by atoms with Crippen LogP contribution in [0.2, 0.25) is 5.02 Å². The van der Waals surface area contributed by atoms with Gasteiger partial charge < -0.3 is 18.7 Å². The summed E-state index contributed by atoms with van der Waals surface area (Å²) in [6, 6.07) is 5.88. The average Bonchev–Trinajstić information content (AvgIpc) is 3.55. The second-order valence-corrected chi connectivity index (χ2v) is 8.77. The van der Waals surface area contributed by atoms with E-state index in [9.17, 15) is 9.59 Å². The lowest BCUT2D eigenvalue weighted by Crippen LogP contribution is -2.04. The first-order valence-electron chi connectivity index (χ1n) is 11.4. The minimum Gasteiger partial charge on any atom is -0.474 e. The van der Waals surface area contributed by atoms with Crippen LogP contribution in [0.1, 0.15) is 69.8 Å². The van der Waals surface area contributed by atoms with Gasteiger partial charge in [-0.1, -0.05) is 11.6 Å². The summed E-state index contributed by atoms with van der Waals surface area (Å²) in [5.41, 5.74) is 7.22. The van der Waals surface area contributed by atoms with Crippen LogP contribution in [0, 0.1) is 0 Å². The number of halogens is 1. The second kappa shape index (κ2) is 9.10. The molecule has 2 heterocycles. The first-order valence-corrected chi connectivity index (χ1v) is 11.8. The molecular formula is C25H23ClN2O6. The Balaban J connectivity index is 0.000000142. The van der Waals surface area contributed by atoms with E-state index >= 15 is 0 Å². The molecule has 2 aliphatic rings. The van der Waals surface area contributed by atoms with Gasteiger partial charge in [0.25, 0.3) is 0 Å². The largest absolute Gasteiger partial charge is 0.474 e. The topological polar surface area (TPSA) is 116 Å². The molecule has 0 fully saturated rings. The Morgan fingerprint density at radius 3 is 2.38 bits per heavy atom. The van der Waals surface area contributed by atoms with Gasteiger partial charge >= 0.3 is 23.7 Å². The number of nitrogens with zero attached hydrogens (tertiary/aromatic N) is 2. The number of carboxylic acids is 1. The molecule has 6 rings (SSSR count). The van der Waals surface area contributed by atoms with E-state index in [0.29, 0.717) is 28.3 Å². The highest BCUT2D eigenvalue weighted by Gasteiger charge is 2.21. The van der Waals surface area contributed by atoms with Crippen molar-refractivity contribution >= 4 is 45.7 Å². The molecule has 2 aromatic heterocycles. The highest BCUT2D eigenvalue weighted by molar-refractivity contribution is 6.35. The van der Waals surface area contributed by atoms with E-state index in [2.05, 4.69) is 9.97 Å². The zero-order valence-corrected chi connectivity index (χ0v) is 19.4.